The quantitative estimate of drug-likeness (QED) is 0.0433. The fraction of sp³-hybridized carbons (Fsp3) is 0.579. The Balaban J connectivity index is 2.44. The van der Waals surface area contributed by atoms with Crippen molar-refractivity contribution < 1.29 is 29.4 Å². The van der Waals surface area contributed by atoms with Gasteiger partial charge >= 0.3 is 282 Å². The molecule has 2 N–H and O–H groups in total. The summed E-state index contributed by atoms with van der Waals surface area (Å²) in [5.41, 5.74) is 0.546. The average Bonchev–Trinajstić information content (AvgIpc) is 3.05. The zero-order valence-corrected chi connectivity index (χ0v) is 31.8. The van der Waals surface area contributed by atoms with E-state index >= 15 is 0 Å². The summed E-state index contributed by atoms with van der Waals surface area (Å²) in [5.74, 6) is -3.59. The van der Waals surface area contributed by atoms with E-state index in [-0.39, 0.29) is 24.0 Å². The van der Waals surface area contributed by atoms with E-state index in [2.05, 4.69) is 13.8 Å². The molecule has 2 atom stereocenters. The van der Waals surface area contributed by atoms with Gasteiger partial charge in [-0.2, -0.15) is 0 Å². The summed E-state index contributed by atoms with van der Waals surface area (Å²) in [6.45, 7) is 4.35. The summed E-state index contributed by atoms with van der Waals surface area (Å²) in [5, 5.41) is 21.8. The van der Waals surface area contributed by atoms with Crippen LogP contribution in [-0.4, -0.2) is 54.9 Å². The molecule has 0 aliphatic carbocycles. The van der Waals surface area contributed by atoms with Gasteiger partial charge in [-0.05, 0) is 0 Å². The van der Waals surface area contributed by atoms with Crippen molar-refractivity contribution in [2.45, 2.75) is 136 Å². The fourth-order valence-corrected chi connectivity index (χ4v) is 14.8. The average molecular weight is 728 g/mol. The number of unbranched alkanes of at least 4 members (excludes halogenated alkanes) is 14. The van der Waals surface area contributed by atoms with Gasteiger partial charge in [0.2, 0.25) is 0 Å². The first-order chi connectivity index (χ1) is 21.7. The SMILES string of the molecule is CCCCCCCCCC[C]([SnH2][C](CCCCCCCCCC)(C(=O)O)C(=O)c1ccccc1)(C(=O)O)C(=O)c1ccccc1. The van der Waals surface area contributed by atoms with Gasteiger partial charge in [0, 0.05) is 0 Å². The molecule has 2 unspecified atom stereocenters. The fourth-order valence-electron chi connectivity index (χ4n) is 6.49. The van der Waals surface area contributed by atoms with Gasteiger partial charge in [-0.25, -0.2) is 0 Å². The van der Waals surface area contributed by atoms with Crippen LogP contribution in [0, 0.1) is 0 Å². The summed E-state index contributed by atoms with van der Waals surface area (Å²) in [6, 6.07) is 16.8. The Morgan fingerprint density at radius 1 is 0.489 bits per heavy atom. The Labute approximate surface area is 281 Å². The Morgan fingerprint density at radius 2 is 0.778 bits per heavy atom. The van der Waals surface area contributed by atoms with Gasteiger partial charge in [-0.1, -0.05) is 0 Å². The number of hydrogen-bond donors (Lipinski definition) is 2. The molecule has 0 aromatic heterocycles. The van der Waals surface area contributed by atoms with Crippen molar-refractivity contribution in [3.8, 4) is 0 Å². The maximum absolute atomic E-state index is 14.3. The third-order valence-corrected chi connectivity index (χ3v) is 18.3. The summed E-state index contributed by atoms with van der Waals surface area (Å²) < 4.78 is -3.68. The normalized spacial score (nSPS) is 14.2. The van der Waals surface area contributed by atoms with Crippen molar-refractivity contribution in [1.29, 1.82) is 0 Å². The molecule has 0 spiro atoms. The predicted octanol–water partition coefficient (Wildman–Crippen LogP) is 9.47. The molecule has 45 heavy (non-hydrogen) atoms. The number of carbonyl (C=O) groups is 4. The molecule has 2 rings (SSSR count). The van der Waals surface area contributed by atoms with Gasteiger partial charge < -0.3 is 0 Å². The molecule has 0 aliphatic heterocycles. The van der Waals surface area contributed by atoms with Crippen LogP contribution in [0.4, 0.5) is 0 Å². The number of rotatable bonds is 26. The molecule has 0 heterocycles. The standard InChI is InChI=1S/2C19H27O3.Sn.2H/c2*1-2-3-4-5-6-7-8-12-15-17(19(21)22)18(20)16-13-10-9-11-14-16;;;/h2*9-11,13-14H,2-8,12,15H2,1H3,(H,21,22);;;. The van der Waals surface area contributed by atoms with Crippen LogP contribution in [0.3, 0.4) is 0 Å². The van der Waals surface area contributed by atoms with Gasteiger partial charge in [-0.15, -0.1) is 0 Å². The number of hydrogen-bond acceptors (Lipinski definition) is 4. The third-order valence-electron chi connectivity index (χ3n) is 9.28. The maximum atomic E-state index is 14.3. The van der Waals surface area contributed by atoms with E-state index in [1.165, 1.54) is 38.5 Å². The van der Waals surface area contributed by atoms with E-state index in [1.54, 1.807) is 60.7 Å². The monoisotopic (exact) mass is 728 g/mol. The predicted molar refractivity (Wildman–Crippen MR) is 185 cm³/mol. The molecule has 7 heteroatoms. The van der Waals surface area contributed by atoms with Crippen LogP contribution in [0.1, 0.15) is 150 Å². The molecule has 0 amide bonds. The second kappa shape index (κ2) is 21.3. The number of Topliss-reactive ketones (excluding diaryl/α,β-unsaturated/α-hetero) is 2. The van der Waals surface area contributed by atoms with Crippen molar-refractivity contribution in [3.05, 3.63) is 71.8 Å². The van der Waals surface area contributed by atoms with Crippen molar-refractivity contribution >= 4 is 44.6 Å². The van der Waals surface area contributed by atoms with Gasteiger partial charge in [-0.3, -0.25) is 0 Å². The van der Waals surface area contributed by atoms with Crippen LogP contribution in [0.2, 0.25) is 6.86 Å². The molecule has 2 aromatic rings. The first-order valence-electron chi connectivity index (χ1n) is 17.4. The second-order valence-corrected chi connectivity index (χ2v) is 20.7. The minimum atomic E-state index is -3.41. The number of carboxylic acid groups (broad SMARTS) is 2. The van der Waals surface area contributed by atoms with Crippen LogP contribution < -0.4 is 0 Å². The zero-order valence-electron chi connectivity index (χ0n) is 27.7. The molecule has 0 fully saturated rings. The van der Waals surface area contributed by atoms with Crippen molar-refractivity contribution in [2.24, 2.45) is 0 Å². The van der Waals surface area contributed by atoms with Gasteiger partial charge in [0.25, 0.3) is 0 Å². The Bertz CT molecular complexity index is 1080. The Kier molecular flexibility index (Phi) is 18.4. The first-order valence-corrected chi connectivity index (χ1v) is 21.4. The van der Waals surface area contributed by atoms with Crippen LogP contribution in [0.15, 0.2) is 60.7 Å². The molecule has 2 aromatic carbocycles. The molecule has 0 saturated heterocycles. The molecule has 0 saturated carbocycles. The molecular weight excluding hydrogens is 671 g/mol. The number of aliphatic carboxylic acids is 2. The van der Waals surface area contributed by atoms with E-state index < -0.39 is 51.5 Å². The van der Waals surface area contributed by atoms with E-state index in [9.17, 15) is 29.4 Å². The van der Waals surface area contributed by atoms with Crippen molar-refractivity contribution in [3.63, 3.8) is 0 Å². The van der Waals surface area contributed by atoms with Crippen LogP contribution in [0.25, 0.3) is 0 Å². The summed E-state index contributed by atoms with van der Waals surface area (Å²) in [6.07, 6.45) is 16.1. The third kappa shape index (κ3) is 12.0. The molecule has 248 valence electrons. The van der Waals surface area contributed by atoms with Crippen LogP contribution in [-0.2, 0) is 9.59 Å². The Morgan fingerprint density at radius 3 is 1.07 bits per heavy atom. The topological polar surface area (TPSA) is 109 Å². The van der Waals surface area contributed by atoms with Crippen molar-refractivity contribution in [1.82, 2.24) is 0 Å². The number of carbonyl (C=O) groups excluding carboxylic acids is 2. The molecule has 0 bridgehead atoms. The van der Waals surface area contributed by atoms with E-state index in [1.807, 2.05) is 0 Å². The summed E-state index contributed by atoms with van der Waals surface area (Å²) in [4.78, 5) is 55.3. The number of ketones is 2. The zero-order chi connectivity index (χ0) is 33.0. The molecule has 0 aliphatic rings. The van der Waals surface area contributed by atoms with E-state index in [0.717, 1.165) is 51.4 Å². The van der Waals surface area contributed by atoms with Gasteiger partial charge in [0.15, 0.2) is 0 Å². The summed E-state index contributed by atoms with van der Waals surface area (Å²) in [7, 11) is 0. The van der Waals surface area contributed by atoms with E-state index in [4.69, 9.17) is 0 Å². The minimum absolute atomic E-state index is 0.0790. The molecule has 6 nitrogen and oxygen atoms in total. The van der Waals surface area contributed by atoms with Crippen LogP contribution >= 0.6 is 0 Å². The number of benzene rings is 2. The number of carboxylic acids is 2. The van der Waals surface area contributed by atoms with Crippen LogP contribution in [0.5, 0.6) is 0 Å². The van der Waals surface area contributed by atoms with Crippen molar-refractivity contribution in [2.75, 3.05) is 0 Å². The van der Waals surface area contributed by atoms with E-state index in [0.29, 0.717) is 12.8 Å². The van der Waals surface area contributed by atoms with Gasteiger partial charge in [0.05, 0.1) is 0 Å². The first kappa shape index (κ1) is 38.7. The summed E-state index contributed by atoms with van der Waals surface area (Å²) >= 11 is -3.41. The molecular formula is C38H56O6Sn. The Hall–Kier alpha value is -2.48. The molecule has 0 radical (unpaired) electrons. The second-order valence-electron chi connectivity index (χ2n) is 12.8. The van der Waals surface area contributed by atoms with Gasteiger partial charge in [0.1, 0.15) is 0 Å².